The summed E-state index contributed by atoms with van der Waals surface area (Å²) in [7, 11) is 0. The van der Waals surface area contributed by atoms with Crippen LogP contribution < -0.4 is 0 Å². The van der Waals surface area contributed by atoms with Gasteiger partial charge in [-0.1, -0.05) is 0 Å². The minimum Gasteiger partial charge on any atom is -0.481 e. The largest absolute Gasteiger partial charge is 0.481 e. The van der Waals surface area contributed by atoms with Gasteiger partial charge in [-0.05, 0) is 32.6 Å². The first-order valence-corrected chi connectivity index (χ1v) is 5.59. The van der Waals surface area contributed by atoms with E-state index in [4.69, 9.17) is 9.47 Å². The monoisotopic (exact) mass is 214 g/mol. The van der Waals surface area contributed by atoms with Gasteiger partial charge in [-0.25, -0.2) is 0 Å². The van der Waals surface area contributed by atoms with E-state index in [1.807, 2.05) is 6.92 Å². The summed E-state index contributed by atoms with van der Waals surface area (Å²) in [4.78, 5) is 11.3. The third kappa shape index (κ3) is 2.16. The molecule has 0 radical (unpaired) electrons. The quantitative estimate of drug-likeness (QED) is 0.772. The minimum atomic E-state index is -0.733. The van der Waals surface area contributed by atoms with Crippen molar-refractivity contribution in [2.24, 2.45) is 5.41 Å². The van der Waals surface area contributed by atoms with Gasteiger partial charge in [-0.3, -0.25) is 4.79 Å². The number of rotatable bonds is 3. The van der Waals surface area contributed by atoms with Crippen molar-refractivity contribution in [2.45, 2.75) is 44.8 Å². The van der Waals surface area contributed by atoms with E-state index in [9.17, 15) is 9.90 Å². The van der Waals surface area contributed by atoms with Crippen molar-refractivity contribution in [2.75, 3.05) is 13.2 Å². The molecule has 0 bridgehead atoms. The lowest BCUT2D eigenvalue weighted by molar-refractivity contribution is -0.151. The minimum absolute atomic E-state index is 0.109. The molecule has 3 unspecified atom stereocenters. The predicted molar refractivity (Wildman–Crippen MR) is 53.7 cm³/mol. The number of carboxylic acid groups (broad SMARTS) is 1. The standard InChI is InChI=1S/C11H18O4/c1-8-2-3-9(15-8)6-11(10(12)13)4-5-14-7-11/h8-9H,2-7H2,1H3,(H,12,13). The first kappa shape index (κ1) is 10.9. The lowest BCUT2D eigenvalue weighted by atomic mass is 9.81. The van der Waals surface area contributed by atoms with Gasteiger partial charge in [0.15, 0.2) is 0 Å². The third-order valence-electron chi connectivity index (χ3n) is 3.50. The normalized spacial score (nSPS) is 40.9. The molecule has 1 N–H and O–H groups in total. The molecule has 0 aliphatic carbocycles. The Bertz CT molecular complexity index is 245. The summed E-state index contributed by atoms with van der Waals surface area (Å²) in [5.74, 6) is -0.733. The van der Waals surface area contributed by atoms with E-state index in [-0.39, 0.29) is 12.2 Å². The van der Waals surface area contributed by atoms with E-state index in [0.29, 0.717) is 26.1 Å². The zero-order valence-corrected chi connectivity index (χ0v) is 9.07. The zero-order chi connectivity index (χ0) is 10.9. The van der Waals surface area contributed by atoms with Crippen LogP contribution in [0.3, 0.4) is 0 Å². The fourth-order valence-corrected chi connectivity index (χ4v) is 2.50. The molecule has 2 saturated heterocycles. The van der Waals surface area contributed by atoms with Gasteiger partial charge in [0.25, 0.3) is 0 Å². The van der Waals surface area contributed by atoms with Crippen molar-refractivity contribution in [3.63, 3.8) is 0 Å². The van der Waals surface area contributed by atoms with Crippen LogP contribution in [0.25, 0.3) is 0 Å². The average Bonchev–Trinajstić information content (AvgIpc) is 2.77. The van der Waals surface area contributed by atoms with Crippen LogP contribution in [0.15, 0.2) is 0 Å². The summed E-state index contributed by atoms with van der Waals surface area (Å²) in [6, 6.07) is 0. The SMILES string of the molecule is CC1CCC(CC2(C(=O)O)CCOC2)O1. The predicted octanol–water partition coefficient (Wildman–Crippen LogP) is 1.44. The van der Waals surface area contributed by atoms with Crippen molar-refractivity contribution in [3.8, 4) is 0 Å². The second-order valence-corrected chi connectivity index (χ2v) is 4.74. The summed E-state index contributed by atoms with van der Waals surface area (Å²) >= 11 is 0. The molecule has 15 heavy (non-hydrogen) atoms. The summed E-state index contributed by atoms with van der Waals surface area (Å²) < 4.78 is 10.9. The first-order chi connectivity index (χ1) is 7.12. The fraction of sp³-hybridized carbons (Fsp3) is 0.909. The Labute approximate surface area is 89.6 Å². The highest BCUT2D eigenvalue weighted by atomic mass is 16.5. The maximum absolute atomic E-state index is 11.3. The van der Waals surface area contributed by atoms with Gasteiger partial charge in [-0.15, -0.1) is 0 Å². The third-order valence-corrected chi connectivity index (χ3v) is 3.50. The molecule has 2 rings (SSSR count). The molecule has 0 aromatic carbocycles. The molecule has 4 nitrogen and oxygen atoms in total. The van der Waals surface area contributed by atoms with Crippen LogP contribution in [0.1, 0.15) is 32.6 Å². The van der Waals surface area contributed by atoms with Crippen molar-refractivity contribution in [1.29, 1.82) is 0 Å². The molecule has 3 atom stereocenters. The van der Waals surface area contributed by atoms with Gasteiger partial charge < -0.3 is 14.6 Å². The van der Waals surface area contributed by atoms with E-state index in [2.05, 4.69) is 0 Å². The highest BCUT2D eigenvalue weighted by molar-refractivity contribution is 5.75. The molecule has 2 aliphatic heterocycles. The molecule has 0 saturated carbocycles. The van der Waals surface area contributed by atoms with Crippen LogP contribution in [0, 0.1) is 5.41 Å². The number of carbonyl (C=O) groups is 1. The van der Waals surface area contributed by atoms with Gasteiger partial charge in [0.2, 0.25) is 0 Å². The molecule has 2 aliphatic rings. The Morgan fingerprint density at radius 3 is 2.80 bits per heavy atom. The van der Waals surface area contributed by atoms with Crippen molar-refractivity contribution in [3.05, 3.63) is 0 Å². The number of aliphatic carboxylic acids is 1. The lowest BCUT2D eigenvalue weighted by Gasteiger charge is -2.25. The molecule has 4 heteroatoms. The topological polar surface area (TPSA) is 55.8 Å². The molecule has 0 spiro atoms. The van der Waals surface area contributed by atoms with E-state index >= 15 is 0 Å². The highest BCUT2D eigenvalue weighted by Gasteiger charge is 2.45. The van der Waals surface area contributed by atoms with E-state index in [1.165, 1.54) is 0 Å². The van der Waals surface area contributed by atoms with Crippen molar-refractivity contribution < 1.29 is 19.4 Å². The molecule has 0 amide bonds. The Balaban J connectivity index is 1.98. The van der Waals surface area contributed by atoms with Crippen molar-refractivity contribution in [1.82, 2.24) is 0 Å². The molecular formula is C11H18O4. The Kier molecular flexibility index (Phi) is 2.98. The Morgan fingerprint density at radius 1 is 1.53 bits per heavy atom. The van der Waals surface area contributed by atoms with Crippen LogP contribution in [0.5, 0.6) is 0 Å². The van der Waals surface area contributed by atoms with Gasteiger partial charge in [0, 0.05) is 6.61 Å². The van der Waals surface area contributed by atoms with E-state index in [1.54, 1.807) is 0 Å². The highest BCUT2D eigenvalue weighted by Crippen LogP contribution is 2.37. The van der Waals surface area contributed by atoms with Gasteiger partial charge in [0.05, 0.1) is 24.2 Å². The maximum atomic E-state index is 11.3. The van der Waals surface area contributed by atoms with Gasteiger partial charge in [0.1, 0.15) is 0 Å². The van der Waals surface area contributed by atoms with Crippen LogP contribution in [0.2, 0.25) is 0 Å². The summed E-state index contributed by atoms with van der Waals surface area (Å²) in [6.07, 6.45) is 3.64. The summed E-state index contributed by atoms with van der Waals surface area (Å²) in [5.41, 5.74) is -0.686. The van der Waals surface area contributed by atoms with Crippen LogP contribution in [-0.2, 0) is 14.3 Å². The zero-order valence-electron chi connectivity index (χ0n) is 9.07. The van der Waals surface area contributed by atoms with Crippen molar-refractivity contribution >= 4 is 5.97 Å². The average molecular weight is 214 g/mol. The second kappa shape index (κ2) is 4.10. The van der Waals surface area contributed by atoms with Crippen LogP contribution >= 0.6 is 0 Å². The number of hydrogen-bond donors (Lipinski definition) is 1. The smallest absolute Gasteiger partial charge is 0.312 e. The Hall–Kier alpha value is -0.610. The molecule has 2 fully saturated rings. The molecule has 0 aromatic heterocycles. The van der Waals surface area contributed by atoms with Crippen LogP contribution in [0.4, 0.5) is 0 Å². The summed E-state index contributed by atoms with van der Waals surface area (Å²) in [5, 5.41) is 9.25. The maximum Gasteiger partial charge on any atom is 0.312 e. The molecule has 2 heterocycles. The molecule has 0 aromatic rings. The van der Waals surface area contributed by atoms with Gasteiger partial charge in [-0.2, -0.15) is 0 Å². The fourth-order valence-electron chi connectivity index (χ4n) is 2.50. The number of carboxylic acids is 1. The van der Waals surface area contributed by atoms with Gasteiger partial charge >= 0.3 is 5.97 Å². The number of hydrogen-bond acceptors (Lipinski definition) is 3. The first-order valence-electron chi connectivity index (χ1n) is 5.59. The lowest BCUT2D eigenvalue weighted by Crippen LogP contribution is -2.35. The molecular weight excluding hydrogens is 196 g/mol. The second-order valence-electron chi connectivity index (χ2n) is 4.74. The number of ether oxygens (including phenoxy) is 2. The molecule has 86 valence electrons. The van der Waals surface area contributed by atoms with E-state index in [0.717, 1.165) is 12.8 Å². The van der Waals surface area contributed by atoms with Crippen LogP contribution in [-0.4, -0.2) is 36.5 Å². The summed E-state index contributed by atoms with van der Waals surface area (Å²) in [6.45, 7) is 2.95. The van der Waals surface area contributed by atoms with E-state index < -0.39 is 11.4 Å². The Morgan fingerprint density at radius 2 is 2.33 bits per heavy atom.